The van der Waals surface area contributed by atoms with Crippen molar-refractivity contribution in [3.8, 4) is 0 Å². The third-order valence-electron chi connectivity index (χ3n) is 2.58. The third-order valence-corrected chi connectivity index (χ3v) is 3.23. The summed E-state index contributed by atoms with van der Waals surface area (Å²) >= 11 is 3.49. The summed E-state index contributed by atoms with van der Waals surface area (Å²) in [6.07, 6.45) is 1.96. The predicted molar refractivity (Wildman–Crippen MR) is 63.5 cm³/mol. The van der Waals surface area contributed by atoms with E-state index in [0.29, 0.717) is 12.5 Å². The summed E-state index contributed by atoms with van der Waals surface area (Å²) in [7, 11) is 0. The predicted octanol–water partition coefficient (Wildman–Crippen LogP) is 2.99. The Labute approximate surface area is 91.6 Å². The van der Waals surface area contributed by atoms with Gasteiger partial charge in [-0.3, -0.25) is 0 Å². The lowest BCUT2D eigenvalue weighted by Crippen LogP contribution is -2.08. The van der Waals surface area contributed by atoms with E-state index in [9.17, 15) is 0 Å². The van der Waals surface area contributed by atoms with Crippen LogP contribution in [0.1, 0.15) is 18.4 Å². The molecule has 14 heavy (non-hydrogen) atoms. The third kappa shape index (κ3) is 1.57. The molecule has 2 rings (SSSR count). The van der Waals surface area contributed by atoms with E-state index in [-0.39, 0.29) is 0 Å². The van der Waals surface area contributed by atoms with Crippen LogP contribution < -0.4 is 5.73 Å². The van der Waals surface area contributed by atoms with Gasteiger partial charge in [-0.05, 0) is 40.0 Å². The highest BCUT2D eigenvalue weighted by Crippen LogP contribution is 2.26. The second-order valence-electron chi connectivity index (χ2n) is 3.58. The van der Waals surface area contributed by atoms with Crippen molar-refractivity contribution in [1.82, 2.24) is 4.98 Å². The highest BCUT2D eigenvalue weighted by atomic mass is 79.9. The number of nitrogens with two attached hydrogens (primary N) is 1. The molecule has 2 aromatic rings. The van der Waals surface area contributed by atoms with Crippen molar-refractivity contribution >= 4 is 26.8 Å². The number of fused-ring (bicyclic) bond motifs is 1. The minimum Gasteiger partial charge on any atom is -0.360 e. The van der Waals surface area contributed by atoms with Crippen LogP contribution >= 0.6 is 15.9 Å². The second-order valence-corrected chi connectivity index (χ2v) is 4.43. The largest absolute Gasteiger partial charge is 0.360 e. The fraction of sp³-hybridized carbons (Fsp3) is 0.273. The minimum absolute atomic E-state index is 0.418. The first-order valence-electron chi connectivity index (χ1n) is 4.69. The average molecular weight is 253 g/mol. The topological polar surface area (TPSA) is 41.8 Å². The Bertz CT molecular complexity index is 447. The number of H-pyrrole nitrogens is 1. The van der Waals surface area contributed by atoms with E-state index in [1.807, 2.05) is 6.20 Å². The van der Waals surface area contributed by atoms with Crippen LogP contribution in [0.5, 0.6) is 0 Å². The van der Waals surface area contributed by atoms with Gasteiger partial charge in [0.25, 0.3) is 0 Å². The highest BCUT2D eigenvalue weighted by molar-refractivity contribution is 9.10. The van der Waals surface area contributed by atoms with Crippen LogP contribution in [0.2, 0.25) is 0 Å². The van der Waals surface area contributed by atoms with Crippen molar-refractivity contribution in [2.75, 3.05) is 6.54 Å². The standard InChI is InChI=1S/C11H13BrN2/c1-7(5-13)8-2-3-9-10(12)6-14-11(9)4-8/h2-4,6-7,14H,5,13H2,1H3. The maximum absolute atomic E-state index is 5.63. The Morgan fingerprint density at radius 3 is 3.00 bits per heavy atom. The molecule has 2 nitrogen and oxygen atoms in total. The number of aromatic amines is 1. The Hall–Kier alpha value is -0.800. The molecule has 0 saturated heterocycles. The van der Waals surface area contributed by atoms with Gasteiger partial charge in [-0.25, -0.2) is 0 Å². The minimum atomic E-state index is 0.418. The summed E-state index contributed by atoms with van der Waals surface area (Å²) in [5.74, 6) is 0.418. The van der Waals surface area contributed by atoms with Crippen molar-refractivity contribution in [3.63, 3.8) is 0 Å². The number of nitrogens with one attached hydrogen (secondary N) is 1. The Morgan fingerprint density at radius 1 is 1.50 bits per heavy atom. The summed E-state index contributed by atoms with van der Waals surface area (Å²) in [5, 5.41) is 1.22. The molecule has 0 radical (unpaired) electrons. The van der Waals surface area contributed by atoms with E-state index in [1.54, 1.807) is 0 Å². The van der Waals surface area contributed by atoms with Crippen molar-refractivity contribution in [3.05, 3.63) is 34.4 Å². The van der Waals surface area contributed by atoms with Crippen molar-refractivity contribution in [1.29, 1.82) is 0 Å². The molecule has 0 amide bonds. The molecule has 0 aliphatic rings. The lowest BCUT2D eigenvalue weighted by Gasteiger charge is -2.08. The molecule has 0 saturated carbocycles. The molecule has 0 bridgehead atoms. The molecule has 1 unspecified atom stereocenters. The van der Waals surface area contributed by atoms with E-state index < -0.39 is 0 Å². The lowest BCUT2D eigenvalue weighted by molar-refractivity contribution is 0.775. The molecular formula is C11H13BrN2. The molecule has 1 aromatic heterocycles. The van der Waals surface area contributed by atoms with Crippen LogP contribution in [-0.2, 0) is 0 Å². The highest BCUT2D eigenvalue weighted by Gasteiger charge is 2.06. The molecule has 1 aromatic carbocycles. The SMILES string of the molecule is CC(CN)c1ccc2c(Br)c[nH]c2c1. The molecular weight excluding hydrogens is 240 g/mol. The molecule has 0 fully saturated rings. The van der Waals surface area contributed by atoms with Crippen LogP contribution in [0.15, 0.2) is 28.9 Å². The van der Waals surface area contributed by atoms with Crippen LogP contribution in [0, 0.1) is 0 Å². The van der Waals surface area contributed by atoms with Gasteiger partial charge < -0.3 is 10.7 Å². The molecule has 74 valence electrons. The van der Waals surface area contributed by atoms with Crippen molar-refractivity contribution < 1.29 is 0 Å². The van der Waals surface area contributed by atoms with Crippen molar-refractivity contribution in [2.45, 2.75) is 12.8 Å². The first-order chi connectivity index (χ1) is 6.72. The number of halogens is 1. The number of benzene rings is 1. The smallest absolute Gasteiger partial charge is 0.0468 e. The van der Waals surface area contributed by atoms with Crippen LogP contribution in [0.3, 0.4) is 0 Å². The number of hydrogen-bond donors (Lipinski definition) is 2. The molecule has 0 spiro atoms. The fourth-order valence-corrected chi connectivity index (χ4v) is 2.01. The molecule has 0 aliphatic carbocycles. The van der Waals surface area contributed by atoms with Crippen LogP contribution in [0.4, 0.5) is 0 Å². The first-order valence-corrected chi connectivity index (χ1v) is 5.48. The van der Waals surface area contributed by atoms with E-state index in [4.69, 9.17) is 5.73 Å². The summed E-state index contributed by atoms with van der Waals surface area (Å²) in [5.41, 5.74) is 8.08. The second kappa shape index (κ2) is 3.75. The van der Waals surface area contributed by atoms with Gasteiger partial charge in [0.1, 0.15) is 0 Å². The zero-order valence-electron chi connectivity index (χ0n) is 8.05. The van der Waals surface area contributed by atoms with Gasteiger partial charge in [0.15, 0.2) is 0 Å². The Kier molecular flexibility index (Phi) is 2.61. The summed E-state index contributed by atoms with van der Waals surface area (Å²) in [6, 6.07) is 6.42. The summed E-state index contributed by atoms with van der Waals surface area (Å²) < 4.78 is 1.11. The monoisotopic (exact) mass is 252 g/mol. The normalized spacial score (nSPS) is 13.4. The molecule has 0 aliphatic heterocycles. The number of rotatable bonds is 2. The number of aromatic nitrogens is 1. The maximum atomic E-state index is 5.63. The molecule has 1 heterocycles. The van der Waals surface area contributed by atoms with Gasteiger partial charge in [-0.1, -0.05) is 19.1 Å². The zero-order chi connectivity index (χ0) is 10.1. The lowest BCUT2D eigenvalue weighted by atomic mass is 10.0. The van der Waals surface area contributed by atoms with E-state index in [1.165, 1.54) is 10.9 Å². The molecule has 3 heteroatoms. The van der Waals surface area contributed by atoms with E-state index >= 15 is 0 Å². The summed E-state index contributed by atoms with van der Waals surface area (Å²) in [4.78, 5) is 3.22. The quantitative estimate of drug-likeness (QED) is 0.848. The van der Waals surface area contributed by atoms with Gasteiger partial charge in [0, 0.05) is 21.6 Å². The first kappa shape index (κ1) is 9.74. The molecule has 1 atom stereocenters. The van der Waals surface area contributed by atoms with Crippen LogP contribution in [0.25, 0.3) is 10.9 Å². The average Bonchev–Trinajstić information content (AvgIpc) is 2.59. The fourth-order valence-electron chi connectivity index (χ4n) is 1.55. The van der Waals surface area contributed by atoms with Crippen molar-refractivity contribution in [2.24, 2.45) is 5.73 Å². The zero-order valence-corrected chi connectivity index (χ0v) is 9.64. The Morgan fingerprint density at radius 2 is 2.29 bits per heavy atom. The molecule has 3 N–H and O–H groups in total. The summed E-state index contributed by atoms with van der Waals surface area (Å²) in [6.45, 7) is 2.83. The van der Waals surface area contributed by atoms with E-state index in [2.05, 4.69) is 46.0 Å². The van der Waals surface area contributed by atoms with Gasteiger partial charge in [-0.2, -0.15) is 0 Å². The van der Waals surface area contributed by atoms with Gasteiger partial charge in [-0.15, -0.1) is 0 Å². The van der Waals surface area contributed by atoms with Gasteiger partial charge in [0.2, 0.25) is 0 Å². The van der Waals surface area contributed by atoms with Crippen LogP contribution in [-0.4, -0.2) is 11.5 Å². The maximum Gasteiger partial charge on any atom is 0.0468 e. The van der Waals surface area contributed by atoms with Gasteiger partial charge in [0.05, 0.1) is 0 Å². The Balaban J connectivity index is 2.52. The number of hydrogen-bond acceptors (Lipinski definition) is 1. The van der Waals surface area contributed by atoms with Gasteiger partial charge >= 0.3 is 0 Å². The van der Waals surface area contributed by atoms with E-state index in [0.717, 1.165) is 9.99 Å².